The summed E-state index contributed by atoms with van der Waals surface area (Å²) in [5.41, 5.74) is 3.52. The van der Waals surface area contributed by atoms with Crippen molar-refractivity contribution in [1.29, 1.82) is 0 Å². The molecular formula is C15H22N2O. The fourth-order valence-electron chi connectivity index (χ4n) is 2.46. The van der Waals surface area contributed by atoms with Crippen LogP contribution in [0.1, 0.15) is 30.9 Å². The first kappa shape index (κ1) is 13.1. The fraction of sp³-hybridized carbons (Fsp3) is 0.533. The predicted molar refractivity (Wildman–Crippen MR) is 75.0 cm³/mol. The van der Waals surface area contributed by atoms with Crippen LogP contribution in [0, 0.1) is 13.8 Å². The van der Waals surface area contributed by atoms with Crippen LogP contribution >= 0.6 is 0 Å². The summed E-state index contributed by atoms with van der Waals surface area (Å²) in [6, 6.07) is 6.16. The smallest absolute Gasteiger partial charge is 0.244 e. The molecule has 1 fully saturated rings. The fourth-order valence-corrected chi connectivity index (χ4v) is 2.46. The number of amides is 1. The van der Waals surface area contributed by atoms with Crippen molar-refractivity contribution >= 4 is 11.6 Å². The minimum atomic E-state index is 0.00450. The largest absolute Gasteiger partial charge is 0.311 e. The predicted octanol–water partition coefficient (Wildman–Crippen LogP) is 2.41. The highest BCUT2D eigenvalue weighted by Crippen LogP contribution is 2.27. The molecule has 0 bridgehead atoms. The van der Waals surface area contributed by atoms with Crippen molar-refractivity contribution < 1.29 is 4.79 Å². The Morgan fingerprint density at radius 3 is 2.89 bits per heavy atom. The molecule has 1 amide bonds. The Hall–Kier alpha value is -1.35. The van der Waals surface area contributed by atoms with Gasteiger partial charge in [-0.2, -0.15) is 0 Å². The van der Waals surface area contributed by atoms with Crippen LogP contribution < -0.4 is 10.2 Å². The molecule has 18 heavy (non-hydrogen) atoms. The third-order valence-electron chi connectivity index (χ3n) is 3.71. The standard InChI is InChI=1S/C15H22N2O/c1-4-9-16-13-8-10-17(15(13)18)14-7-5-6-11(2)12(14)3/h5-7,13,16H,4,8-10H2,1-3H3. The van der Waals surface area contributed by atoms with Gasteiger partial charge < -0.3 is 10.2 Å². The number of nitrogens with one attached hydrogen (secondary N) is 1. The molecule has 3 nitrogen and oxygen atoms in total. The van der Waals surface area contributed by atoms with Gasteiger partial charge in [0.2, 0.25) is 5.91 Å². The van der Waals surface area contributed by atoms with Crippen LogP contribution in [0.4, 0.5) is 5.69 Å². The van der Waals surface area contributed by atoms with Crippen molar-refractivity contribution in [3.05, 3.63) is 29.3 Å². The minimum Gasteiger partial charge on any atom is -0.311 e. The highest BCUT2D eigenvalue weighted by atomic mass is 16.2. The molecule has 0 spiro atoms. The molecule has 1 aliphatic rings. The van der Waals surface area contributed by atoms with Crippen molar-refractivity contribution in [2.45, 2.75) is 39.7 Å². The number of benzene rings is 1. The topological polar surface area (TPSA) is 32.3 Å². The molecule has 0 aliphatic carbocycles. The zero-order valence-electron chi connectivity index (χ0n) is 11.5. The molecule has 1 unspecified atom stereocenters. The summed E-state index contributed by atoms with van der Waals surface area (Å²) < 4.78 is 0. The zero-order valence-corrected chi connectivity index (χ0v) is 11.5. The van der Waals surface area contributed by atoms with Gasteiger partial charge in [-0.15, -0.1) is 0 Å². The second kappa shape index (κ2) is 5.53. The third-order valence-corrected chi connectivity index (χ3v) is 3.71. The van der Waals surface area contributed by atoms with E-state index < -0.39 is 0 Å². The lowest BCUT2D eigenvalue weighted by molar-refractivity contribution is -0.118. The number of nitrogens with zero attached hydrogens (tertiary/aromatic N) is 1. The van der Waals surface area contributed by atoms with Gasteiger partial charge in [-0.3, -0.25) is 4.79 Å². The van der Waals surface area contributed by atoms with E-state index in [0.29, 0.717) is 0 Å². The van der Waals surface area contributed by atoms with Crippen LogP contribution in [0.2, 0.25) is 0 Å². The molecule has 1 aromatic carbocycles. The van der Waals surface area contributed by atoms with Gasteiger partial charge in [-0.1, -0.05) is 19.1 Å². The van der Waals surface area contributed by atoms with Gasteiger partial charge in [-0.25, -0.2) is 0 Å². The number of hydrogen-bond acceptors (Lipinski definition) is 2. The molecule has 98 valence electrons. The van der Waals surface area contributed by atoms with Gasteiger partial charge in [0.1, 0.15) is 0 Å². The van der Waals surface area contributed by atoms with Crippen LogP contribution in [0.25, 0.3) is 0 Å². The Bertz CT molecular complexity index is 442. The maximum Gasteiger partial charge on any atom is 0.244 e. The van der Waals surface area contributed by atoms with Crippen molar-refractivity contribution in [1.82, 2.24) is 5.32 Å². The van der Waals surface area contributed by atoms with E-state index in [1.165, 1.54) is 11.1 Å². The SMILES string of the molecule is CCCNC1CCN(c2cccc(C)c2C)C1=O. The summed E-state index contributed by atoms with van der Waals surface area (Å²) >= 11 is 0. The quantitative estimate of drug-likeness (QED) is 0.885. The Labute approximate surface area is 109 Å². The van der Waals surface area contributed by atoms with Gasteiger partial charge in [-0.05, 0) is 50.4 Å². The molecule has 1 heterocycles. The summed E-state index contributed by atoms with van der Waals surface area (Å²) in [5, 5.41) is 3.32. The van der Waals surface area contributed by atoms with Crippen molar-refractivity contribution in [2.75, 3.05) is 18.0 Å². The lowest BCUT2D eigenvalue weighted by Crippen LogP contribution is -2.38. The highest BCUT2D eigenvalue weighted by molar-refractivity contribution is 6.00. The third kappa shape index (κ3) is 2.41. The van der Waals surface area contributed by atoms with Gasteiger partial charge in [0.15, 0.2) is 0 Å². The first-order valence-corrected chi connectivity index (χ1v) is 6.76. The maximum atomic E-state index is 12.3. The van der Waals surface area contributed by atoms with E-state index in [1.807, 2.05) is 17.0 Å². The van der Waals surface area contributed by atoms with E-state index in [0.717, 1.165) is 31.6 Å². The van der Waals surface area contributed by atoms with E-state index in [-0.39, 0.29) is 11.9 Å². The van der Waals surface area contributed by atoms with Crippen LogP contribution in [-0.2, 0) is 4.79 Å². The second-order valence-electron chi connectivity index (χ2n) is 5.00. The molecule has 0 aromatic heterocycles. The van der Waals surface area contributed by atoms with E-state index in [9.17, 15) is 4.79 Å². The summed E-state index contributed by atoms with van der Waals surface area (Å²) in [7, 11) is 0. The Morgan fingerprint density at radius 2 is 2.17 bits per heavy atom. The number of hydrogen-bond donors (Lipinski definition) is 1. The molecule has 1 aromatic rings. The lowest BCUT2D eigenvalue weighted by Gasteiger charge is -2.20. The van der Waals surface area contributed by atoms with Gasteiger partial charge in [0.25, 0.3) is 0 Å². The molecule has 1 aliphatic heterocycles. The first-order chi connectivity index (χ1) is 8.65. The number of rotatable bonds is 4. The lowest BCUT2D eigenvalue weighted by atomic mass is 10.1. The highest BCUT2D eigenvalue weighted by Gasteiger charge is 2.32. The molecular weight excluding hydrogens is 224 g/mol. The molecule has 2 rings (SSSR count). The zero-order chi connectivity index (χ0) is 13.1. The summed E-state index contributed by atoms with van der Waals surface area (Å²) in [6.07, 6.45) is 1.97. The Kier molecular flexibility index (Phi) is 4.02. The van der Waals surface area contributed by atoms with Crippen LogP contribution in [0.15, 0.2) is 18.2 Å². The van der Waals surface area contributed by atoms with Crippen molar-refractivity contribution in [3.8, 4) is 0 Å². The number of carbonyl (C=O) groups is 1. The Morgan fingerprint density at radius 1 is 1.39 bits per heavy atom. The summed E-state index contributed by atoms with van der Waals surface area (Å²) in [4.78, 5) is 14.3. The van der Waals surface area contributed by atoms with E-state index in [4.69, 9.17) is 0 Å². The van der Waals surface area contributed by atoms with Gasteiger partial charge >= 0.3 is 0 Å². The van der Waals surface area contributed by atoms with E-state index in [2.05, 4.69) is 32.2 Å². The van der Waals surface area contributed by atoms with Gasteiger partial charge in [0.05, 0.1) is 6.04 Å². The molecule has 3 heteroatoms. The molecule has 0 radical (unpaired) electrons. The Balaban J connectivity index is 2.16. The molecule has 1 saturated heterocycles. The average Bonchev–Trinajstić information content (AvgIpc) is 2.72. The normalized spacial score (nSPS) is 19.6. The summed E-state index contributed by atoms with van der Waals surface area (Å²) in [5.74, 6) is 0.220. The average molecular weight is 246 g/mol. The van der Waals surface area contributed by atoms with Gasteiger partial charge in [0, 0.05) is 12.2 Å². The van der Waals surface area contributed by atoms with Crippen LogP contribution in [0.5, 0.6) is 0 Å². The number of anilines is 1. The van der Waals surface area contributed by atoms with Crippen LogP contribution in [-0.4, -0.2) is 25.0 Å². The monoisotopic (exact) mass is 246 g/mol. The number of aryl methyl sites for hydroxylation is 1. The van der Waals surface area contributed by atoms with E-state index >= 15 is 0 Å². The summed E-state index contributed by atoms with van der Waals surface area (Å²) in [6.45, 7) is 8.04. The van der Waals surface area contributed by atoms with Crippen LogP contribution in [0.3, 0.4) is 0 Å². The first-order valence-electron chi connectivity index (χ1n) is 6.76. The molecule has 0 saturated carbocycles. The van der Waals surface area contributed by atoms with Crippen molar-refractivity contribution in [3.63, 3.8) is 0 Å². The molecule has 1 atom stereocenters. The maximum absolute atomic E-state index is 12.3. The minimum absolute atomic E-state index is 0.00450. The molecule has 1 N–H and O–H groups in total. The number of carbonyl (C=O) groups excluding carboxylic acids is 1. The second-order valence-corrected chi connectivity index (χ2v) is 5.00. The van der Waals surface area contributed by atoms with Crippen molar-refractivity contribution in [2.24, 2.45) is 0 Å². The van der Waals surface area contributed by atoms with E-state index in [1.54, 1.807) is 0 Å².